The fraction of sp³-hybridized carbons (Fsp3) is 0.417. The SMILES string of the molecule is CC[N+](C)(CC)Cc1cccc(C(=O)NCc2ccc(F)c(-c3cccc(CN4CCN[C@@H](C)C4)c3)c2)c1.O=C(O)C(F)(F)F.O=C(O)C(F)(F)F. The van der Waals surface area contributed by atoms with E-state index in [9.17, 15) is 35.5 Å². The number of carboxylic acids is 2. The molecule has 1 saturated heterocycles. The molecule has 52 heavy (non-hydrogen) atoms. The van der Waals surface area contributed by atoms with Gasteiger partial charge in [0.05, 0.1) is 20.1 Å². The minimum atomic E-state index is -5.08. The van der Waals surface area contributed by atoms with Crippen molar-refractivity contribution in [1.29, 1.82) is 0 Å². The Morgan fingerprint density at radius 2 is 1.44 bits per heavy atom. The van der Waals surface area contributed by atoms with Crippen molar-refractivity contribution in [1.82, 2.24) is 15.5 Å². The third kappa shape index (κ3) is 14.6. The van der Waals surface area contributed by atoms with Crippen molar-refractivity contribution in [3.63, 3.8) is 0 Å². The molecule has 0 bridgehead atoms. The van der Waals surface area contributed by atoms with Crippen LogP contribution in [0.2, 0.25) is 0 Å². The zero-order valence-electron chi connectivity index (χ0n) is 29.2. The molecule has 0 unspecified atom stereocenters. The second-order valence-corrected chi connectivity index (χ2v) is 12.5. The first-order valence-corrected chi connectivity index (χ1v) is 16.3. The Hall–Kier alpha value is -4.54. The van der Waals surface area contributed by atoms with Crippen LogP contribution in [0.4, 0.5) is 30.7 Å². The van der Waals surface area contributed by atoms with Crippen molar-refractivity contribution in [2.24, 2.45) is 0 Å². The second kappa shape index (κ2) is 19.3. The third-order valence-corrected chi connectivity index (χ3v) is 8.35. The van der Waals surface area contributed by atoms with Crippen LogP contribution in [0, 0.1) is 5.82 Å². The van der Waals surface area contributed by atoms with E-state index in [2.05, 4.69) is 61.6 Å². The summed E-state index contributed by atoms with van der Waals surface area (Å²) in [5.74, 6) is -5.89. The quantitative estimate of drug-likeness (QED) is 0.139. The average Bonchev–Trinajstić information content (AvgIpc) is 3.07. The van der Waals surface area contributed by atoms with Gasteiger partial charge in [0.2, 0.25) is 0 Å². The number of nitrogens with one attached hydrogen (secondary N) is 2. The zero-order chi connectivity index (χ0) is 39.3. The van der Waals surface area contributed by atoms with Crippen molar-refractivity contribution >= 4 is 17.8 Å². The summed E-state index contributed by atoms with van der Waals surface area (Å²) in [4.78, 5) is 33.2. The summed E-state index contributed by atoms with van der Waals surface area (Å²) in [6, 6.07) is 21.6. The smallest absolute Gasteiger partial charge is 0.475 e. The Kier molecular flexibility index (Phi) is 16.2. The fourth-order valence-corrected chi connectivity index (χ4v) is 5.14. The van der Waals surface area contributed by atoms with Crippen LogP contribution in [0.5, 0.6) is 0 Å². The molecular formula is C36H44F7N4O5+. The van der Waals surface area contributed by atoms with Crippen LogP contribution >= 0.6 is 0 Å². The molecule has 0 aromatic heterocycles. The molecule has 16 heteroatoms. The Balaban J connectivity index is 0.000000564. The number of alkyl halides is 6. The Morgan fingerprint density at radius 3 is 2.00 bits per heavy atom. The molecule has 4 N–H and O–H groups in total. The first-order chi connectivity index (χ1) is 24.2. The van der Waals surface area contributed by atoms with E-state index in [1.54, 1.807) is 6.07 Å². The first-order valence-electron chi connectivity index (χ1n) is 16.3. The molecule has 3 aromatic carbocycles. The van der Waals surface area contributed by atoms with Gasteiger partial charge in [0.15, 0.2) is 0 Å². The lowest BCUT2D eigenvalue weighted by atomic mass is 10.00. The van der Waals surface area contributed by atoms with E-state index in [0.717, 1.165) is 67.0 Å². The molecule has 1 amide bonds. The third-order valence-electron chi connectivity index (χ3n) is 8.35. The molecule has 1 fully saturated rings. The number of quaternary nitrogens is 1. The lowest BCUT2D eigenvalue weighted by molar-refractivity contribution is -0.919. The summed E-state index contributed by atoms with van der Waals surface area (Å²) >= 11 is 0. The van der Waals surface area contributed by atoms with Crippen LogP contribution in [0.3, 0.4) is 0 Å². The van der Waals surface area contributed by atoms with Crippen molar-refractivity contribution in [3.8, 4) is 11.1 Å². The molecule has 3 aromatic rings. The summed E-state index contributed by atoms with van der Waals surface area (Å²) in [5.41, 5.74) is 5.27. The van der Waals surface area contributed by atoms with Gasteiger partial charge in [-0.2, -0.15) is 26.3 Å². The van der Waals surface area contributed by atoms with Gasteiger partial charge in [-0.25, -0.2) is 14.0 Å². The maximum Gasteiger partial charge on any atom is 0.490 e. The highest BCUT2D eigenvalue weighted by molar-refractivity contribution is 5.94. The molecule has 0 radical (unpaired) electrons. The molecule has 0 aliphatic carbocycles. The summed E-state index contributed by atoms with van der Waals surface area (Å²) in [5, 5.41) is 20.7. The van der Waals surface area contributed by atoms with Gasteiger partial charge in [0.1, 0.15) is 12.4 Å². The van der Waals surface area contributed by atoms with Gasteiger partial charge in [-0.3, -0.25) is 9.69 Å². The van der Waals surface area contributed by atoms with Crippen molar-refractivity contribution in [3.05, 3.63) is 94.8 Å². The van der Waals surface area contributed by atoms with E-state index in [1.165, 1.54) is 11.6 Å². The molecule has 0 spiro atoms. The van der Waals surface area contributed by atoms with Gasteiger partial charge < -0.3 is 25.3 Å². The molecule has 1 aliphatic rings. The highest BCUT2D eigenvalue weighted by Gasteiger charge is 2.39. The number of nitrogens with zero attached hydrogens (tertiary/aromatic N) is 2. The highest BCUT2D eigenvalue weighted by Crippen LogP contribution is 2.26. The number of hydrogen-bond acceptors (Lipinski definition) is 5. The number of benzene rings is 3. The van der Waals surface area contributed by atoms with E-state index in [-0.39, 0.29) is 11.7 Å². The van der Waals surface area contributed by atoms with Gasteiger partial charge in [0.25, 0.3) is 5.91 Å². The molecule has 1 atom stereocenters. The lowest BCUT2D eigenvalue weighted by Gasteiger charge is -2.32. The van der Waals surface area contributed by atoms with Crippen molar-refractivity contribution < 1.29 is 59.8 Å². The molecule has 9 nitrogen and oxygen atoms in total. The Labute approximate surface area is 297 Å². The van der Waals surface area contributed by atoms with Gasteiger partial charge in [-0.05, 0) is 67.8 Å². The van der Waals surface area contributed by atoms with E-state index in [1.807, 2.05) is 36.4 Å². The topological polar surface area (TPSA) is 119 Å². The number of carbonyl (C=O) groups excluding carboxylic acids is 1. The minimum absolute atomic E-state index is 0.118. The van der Waals surface area contributed by atoms with Gasteiger partial charge in [-0.1, -0.05) is 36.4 Å². The van der Waals surface area contributed by atoms with Crippen LogP contribution in [0.25, 0.3) is 11.1 Å². The summed E-state index contributed by atoms with van der Waals surface area (Å²) in [6.45, 7) is 13.8. The van der Waals surface area contributed by atoms with E-state index < -0.39 is 24.3 Å². The predicted molar refractivity (Wildman–Crippen MR) is 181 cm³/mol. The number of rotatable bonds is 10. The summed E-state index contributed by atoms with van der Waals surface area (Å²) in [7, 11) is 2.24. The van der Waals surface area contributed by atoms with Crippen LogP contribution in [-0.2, 0) is 29.2 Å². The maximum atomic E-state index is 14.9. The number of halogens is 7. The predicted octanol–water partition coefficient (Wildman–Crippen LogP) is 6.47. The normalized spacial score (nSPS) is 15.0. The van der Waals surface area contributed by atoms with Gasteiger partial charge >= 0.3 is 24.3 Å². The van der Waals surface area contributed by atoms with Gasteiger partial charge in [-0.15, -0.1) is 0 Å². The number of piperazine rings is 1. The molecule has 1 heterocycles. The number of aliphatic carboxylic acids is 2. The van der Waals surface area contributed by atoms with Crippen LogP contribution in [0.1, 0.15) is 47.8 Å². The minimum Gasteiger partial charge on any atom is -0.475 e. The van der Waals surface area contributed by atoms with E-state index >= 15 is 0 Å². The second-order valence-electron chi connectivity index (χ2n) is 12.5. The highest BCUT2D eigenvalue weighted by atomic mass is 19.4. The molecular weight excluding hydrogens is 701 g/mol. The Morgan fingerprint density at radius 1 is 0.865 bits per heavy atom. The molecule has 286 valence electrons. The van der Waals surface area contributed by atoms with E-state index in [4.69, 9.17) is 19.8 Å². The summed E-state index contributed by atoms with van der Waals surface area (Å²) < 4.78 is 79.3. The molecule has 1 aliphatic heterocycles. The standard InChI is InChI=1S/C32H41FN4O.2C2HF3O2/c1-5-37(4,6-2)23-27-10-8-12-29(18-27)32(38)35-20-25-13-14-31(33)30(19-25)28-11-7-9-26(17-28)22-36-16-15-34-24(3)21-36;2*3-2(4,5)1(6)7/h7-14,17-19,24,34H,5-6,15-16,20-23H2,1-4H3;2*(H,6,7)/p+1/t24-;;/m0../s1. The lowest BCUT2D eigenvalue weighted by Crippen LogP contribution is -2.48. The average molecular weight is 746 g/mol. The monoisotopic (exact) mass is 745 g/mol. The largest absolute Gasteiger partial charge is 0.490 e. The van der Waals surface area contributed by atoms with Crippen molar-refractivity contribution in [2.75, 3.05) is 39.8 Å². The van der Waals surface area contributed by atoms with Crippen LogP contribution in [-0.4, -0.2) is 95.6 Å². The van der Waals surface area contributed by atoms with Crippen LogP contribution in [0.15, 0.2) is 66.7 Å². The summed E-state index contributed by atoms with van der Waals surface area (Å²) in [6.07, 6.45) is -10.2. The first kappa shape index (κ1) is 43.6. The van der Waals surface area contributed by atoms with Gasteiger partial charge in [0, 0.05) is 55.5 Å². The number of amides is 1. The number of hydrogen-bond donors (Lipinski definition) is 4. The maximum absolute atomic E-state index is 14.9. The number of carboxylic acid groups (broad SMARTS) is 2. The Bertz CT molecular complexity index is 1620. The van der Waals surface area contributed by atoms with E-state index in [0.29, 0.717) is 23.7 Å². The van der Waals surface area contributed by atoms with Crippen molar-refractivity contribution in [2.45, 2.75) is 58.8 Å². The fourth-order valence-electron chi connectivity index (χ4n) is 5.14. The molecule has 4 rings (SSSR count). The molecule has 0 saturated carbocycles. The van der Waals surface area contributed by atoms with Crippen LogP contribution < -0.4 is 10.6 Å². The zero-order valence-corrected chi connectivity index (χ0v) is 29.2. The number of carbonyl (C=O) groups is 3.